The third-order valence-electron chi connectivity index (χ3n) is 1.71. The number of carbonyl (C=O) groups excluding carboxylic acids is 1. The number of esters is 1. The number of hydrogen-bond acceptors (Lipinski definition) is 2. The van der Waals surface area contributed by atoms with Gasteiger partial charge in [0.05, 0.1) is 5.56 Å². The molecule has 1 aromatic carbocycles. The summed E-state index contributed by atoms with van der Waals surface area (Å²) in [5.74, 6) is -1.95. The number of halogens is 2. The molecule has 14 heavy (non-hydrogen) atoms. The van der Waals surface area contributed by atoms with E-state index in [1.54, 1.807) is 6.92 Å². The lowest BCUT2D eigenvalue weighted by Crippen LogP contribution is -2.03. The number of hydrogen-bond donors (Lipinski definition) is 0. The summed E-state index contributed by atoms with van der Waals surface area (Å²) >= 11 is 0. The maximum atomic E-state index is 13.1. The second-order valence-corrected chi connectivity index (χ2v) is 2.99. The van der Waals surface area contributed by atoms with E-state index in [4.69, 9.17) is 0 Å². The van der Waals surface area contributed by atoms with Gasteiger partial charge in [-0.05, 0) is 24.6 Å². The maximum absolute atomic E-state index is 13.1. The van der Waals surface area contributed by atoms with Crippen LogP contribution in [0.5, 0.6) is 0 Å². The number of ether oxygens (including phenoxy) is 1. The van der Waals surface area contributed by atoms with Crippen molar-refractivity contribution in [3.8, 4) is 0 Å². The standard InChI is InChI=1S/C10H10F2O2/c1-6-3-9(11)8(10(12)4-6)5-14-7(2)13/h3-4H,5H2,1-2H3. The first-order chi connectivity index (χ1) is 6.50. The van der Waals surface area contributed by atoms with E-state index < -0.39 is 17.6 Å². The van der Waals surface area contributed by atoms with Gasteiger partial charge in [-0.1, -0.05) is 0 Å². The molecular weight excluding hydrogens is 190 g/mol. The average Bonchev–Trinajstić information content (AvgIpc) is 2.01. The normalized spacial score (nSPS) is 10.0. The van der Waals surface area contributed by atoms with Gasteiger partial charge in [0, 0.05) is 6.92 Å². The molecule has 0 bridgehead atoms. The van der Waals surface area contributed by atoms with E-state index >= 15 is 0 Å². The molecule has 0 atom stereocenters. The Labute approximate surface area is 80.5 Å². The van der Waals surface area contributed by atoms with Crippen LogP contribution in [-0.2, 0) is 16.1 Å². The molecule has 2 nitrogen and oxygen atoms in total. The Morgan fingerprint density at radius 3 is 2.29 bits per heavy atom. The summed E-state index contributed by atoms with van der Waals surface area (Å²) in [5, 5.41) is 0. The fourth-order valence-corrected chi connectivity index (χ4v) is 1.04. The van der Waals surface area contributed by atoms with Crippen LogP contribution in [0.25, 0.3) is 0 Å². The first kappa shape index (κ1) is 10.6. The summed E-state index contributed by atoms with van der Waals surface area (Å²) in [4.78, 5) is 10.4. The fraction of sp³-hybridized carbons (Fsp3) is 0.300. The molecule has 0 aliphatic heterocycles. The Morgan fingerprint density at radius 2 is 1.86 bits per heavy atom. The number of rotatable bonds is 2. The fourth-order valence-electron chi connectivity index (χ4n) is 1.04. The first-order valence-electron chi connectivity index (χ1n) is 4.08. The number of carbonyl (C=O) groups is 1. The Hall–Kier alpha value is -1.45. The van der Waals surface area contributed by atoms with Gasteiger partial charge in [0.2, 0.25) is 0 Å². The van der Waals surface area contributed by atoms with Gasteiger partial charge >= 0.3 is 5.97 Å². The molecule has 0 heterocycles. The minimum Gasteiger partial charge on any atom is -0.461 e. The minimum absolute atomic E-state index is 0.217. The van der Waals surface area contributed by atoms with Crippen molar-refractivity contribution in [2.24, 2.45) is 0 Å². The lowest BCUT2D eigenvalue weighted by Gasteiger charge is -2.05. The zero-order chi connectivity index (χ0) is 10.7. The molecule has 0 amide bonds. The SMILES string of the molecule is CC(=O)OCc1c(F)cc(C)cc1F. The van der Waals surface area contributed by atoms with Gasteiger partial charge in [0.25, 0.3) is 0 Å². The molecular formula is C10H10F2O2. The maximum Gasteiger partial charge on any atom is 0.302 e. The predicted octanol–water partition coefficient (Wildman–Crippen LogP) is 2.34. The largest absolute Gasteiger partial charge is 0.461 e. The monoisotopic (exact) mass is 200 g/mol. The molecule has 0 aliphatic carbocycles. The van der Waals surface area contributed by atoms with Gasteiger partial charge in [-0.15, -0.1) is 0 Å². The van der Waals surface area contributed by atoms with Gasteiger partial charge in [-0.2, -0.15) is 0 Å². The summed E-state index contributed by atoms with van der Waals surface area (Å²) in [6.45, 7) is 2.40. The molecule has 4 heteroatoms. The Kier molecular flexibility index (Phi) is 3.17. The van der Waals surface area contributed by atoms with Crippen LogP contribution < -0.4 is 0 Å². The van der Waals surface area contributed by atoms with Crippen LogP contribution in [0.15, 0.2) is 12.1 Å². The van der Waals surface area contributed by atoms with Crippen molar-refractivity contribution in [2.75, 3.05) is 0 Å². The zero-order valence-corrected chi connectivity index (χ0v) is 7.93. The van der Waals surface area contributed by atoms with Crippen molar-refractivity contribution >= 4 is 5.97 Å². The summed E-state index contributed by atoms with van der Waals surface area (Å²) in [7, 11) is 0. The van der Waals surface area contributed by atoms with Crippen LogP contribution >= 0.6 is 0 Å². The molecule has 0 saturated heterocycles. The van der Waals surface area contributed by atoms with Crippen LogP contribution in [0, 0.1) is 18.6 Å². The predicted molar refractivity (Wildman–Crippen MR) is 46.6 cm³/mol. The van der Waals surface area contributed by atoms with Gasteiger partial charge in [0.15, 0.2) is 0 Å². The van der Waals surface area contributed by atoms with E-state index in [0.717, 1.165) is 0 Å². The summed E-state index contributed by atoms with van der Waals surface area (Å²) < 4.78 is 30.8. The van der Waals surface area contributed by atoms with E-state index in [1.807, 2.05) is 0 Å². The summed E-state index contributed by atoms with van der Waals surface area (Å²) in [6.07, 6.45) is 0. The summed E-state index contributed by atoms with van der Waals surface area (Å²) in [5.41, 5.74) is 0.275. The molecule has 0 fully saturated rings. The first-order valence-corrected chi connectivity index (χ1v) is 4.08. The van der Waals surface area contributed by atoms with Crippen LogP contribution in [0.3, 0.4) is 0 Å². The van der Waals surface area contributed by atoms with E-state index in [2.05, 4.69) is 4.74 Å². The molecule has 0 aliphatic rings. The number of aryl methyl sites for hydroxylation is 1. The molecule has 0 N–H and O–H groups in total. The lowest BCUT2D eigenvalue weighted by atomic mass is 10.1. The van der Waals surface area contributed by atoms with Gasteiger partial charge in [-0.25, -0.2) is 8.78 Å². The molecule has 0 radical (unpaired) electrons. The molecule has 1 aromatic rings. The molecule has 0 unspecified atom stereocenters. The molecule has 0 saturated carbocycles. The van der Waals surface area contributed by atoms with Crippen molar-refractivity contribution < 1.29 is 18.3 Å². The lowest BCUT2D eigenvalue weighted by molar-refractivity contribution is -0.142. The minimum atomic E-state index is -0.691. The van der Waals surface area contributed by atoms with Crippen molar-refractivity contribution in [1.82, 2.24) is 0 Å². The number of benzene rings is 1. The quantitative estimate of drug-likeness (QED) is 0.685. The topological polar surface area (TPSA) is 26.3 Å². The zero-order valence-electron chi connectivity index (χ0n) is 7.93. The second-order valence-electron chi connectivity index (χ2n) is 2.99. The van der Waals surface area contributed by atoms with Crippen LogP contribution in [0.1, 0.15) is 18.1 Å². The van der Waals surface area contributed by atoms with E-state index in [-0.39, 0.29) is 12.2 Å². The van der Waals surface area contributed by atoms with E-state index in [1.165, 1.54) is 19.1 Å². The summed E-state index contributed by atoms with van der Waals surface area (Å²) in [6, 6.07) is 2.39. The smallest absolute Gasteiger partial charge is 0.302 e. The molecule has 76 valence electrons. The Bertz CT molecular complexity index is 338. The highest BCUT2D eigenvalue weighted by Gasteiger charge is 2.10. The van der Waals surface area contributed by atoms with Crippen molar-refractivity contribution in [3.05, 3.63) is 34.9 Å². The van der Waals surface area contributed by atoms with Crippen LogP contribution in [0.2, 0.25) is 0 Å². The molecule has 0 aromatic heterocycles. The average molecular weight is 200 g/mol. The van der Waals surface area contributed by atoms with E-state index in [9.17, 15) is 13.6 Å². The van der Waals surface area contributed by atoms with Crippen molar-refractivity contribution in [1.29, 1.82) is 0 Å². The third kappa shape index (κ3) is 2.52. The highest BCUT2D eigenvalue weighted by molar-refractivity contribution is 5.65. The van der Waals surface area contributed by atoms with Gasteiger partial charge in [0.1, 0.15) is 18.2 Å². The van der Waals surface area contributed by atoms with Crippen LogP contribution in [-0.4, -0.2) is 5.97 Å². The Morgan fingerprint density at radius 1 is 1.36 bits per heavy atom. The van der Waals surface area contributed by atoms with Gasteiger partial charge in [-0.3, -0.25) is 4.79 Å². The molecule has 0 spiro atoms. The van der Waals surface area contributed by atoms with Crippen LogP contribution in [0.4, 0.5) is 8.78 Å². The Balaban J connectivity index is 2.91. The highest BCUT2D eigenvalue weighted by atomic mass is 19.1. The van der Waals surface area contributed by atoms with Crippen molar-refractivity contribution in [2.45, 2.75) is 20.5 Å². The second kappa shape index (κ2) is 4.17. The van der Waals surface area contributed by atoms with Crippen molar-refractivity contribution in [3.63, 3.8) is 0 Å². The van der Waals surface area contributed by atoms with E-state index in [0.29, 0.717) is 5.56 Å². The van der Waals surface area contributed by atoms with Gasteiger partial charge < -0.3 is 4.74 Å². The molecule has 1 rings (SSSR count). The highest BCUT2D eigenvalue weighted by Crippen LogP contribution is 2.15. The third-order valence-corrected chi connectivity index (χ3v) is 1.71.